The van der Waals surface area contributed by atoms with Crippen LogP contribution in [0.4, 0.5) is 0 Å². The zero-order valence-corrected chi connectivity index (χ0v) is 9.83. The minimum atomic E-state index is -3.20. The first-order valence-corrected chi connectivity index (χ1v) is 6.89. The summed E-state index contributed by atoms with van der Waals surface area (Å²) in [4.78, 5) is 0. The molecule has 0 unspecified atom stereocenters. The number of fused-ring (bicyclic) bond motifs is 1. The van der Waals surface area contributed by atoms with Crippen LogP contribution in [0.2, 0.25) is 0 Å². The molecule has 0 atom stereocenters. The van der Waals surface area contributed by atoms with E-state index in [-0.39, 0.29) is 6.54 Å². The van der Waals surface area contributed by atoms with Gasteiger partial charge in [0.1, 0.15) is 11.6 Å². The van der Waals surface area contributed by atoms with Gasteiger partial charge in [0.15, 0.2) is 0 Å². The minimum absolute atomic E-state index is 0.172. The third-order valence-electron chi connectivity index (χ3n) is 2.33. The Morgan fingerprint density at radius 3 is 3.00 bits per heavy atom. The van der Waals surface area contributed by atoms with Crippen molar-refractivity contribution >= 4 is 10.0 Å². The van der Waals surface area contributed by atoms with E-state index in [2.05, 4.69) is 14.9 Å². The van der Waals surface area contributed by atoms with Crippen molar-refractivity contribution in [2.45, 2.75) is 19.5 Å². The van der Waals surface area contributed by atoms with Crippen LogP contribution < -0.4 is 4.72 Å². The third-order valence-corrected chi connectivity index (χ3v) is 2.99. The van der Waals surface area contributed by atoms with E-state index in [9.17, 15) is 8.42 Å². The smallest absolute Gasteiger partial charge is 0.209 e. The highest BCUT2D eigenvalue weighted by molar-refractivity contribution is 7.88. The zero-order chi connectivity index (χ0) is 11.6. The summed E-state index contributed by atoms with van der Waals surface area (Å²) < 4.78 is 31.6. The van der Waals surface area contributed by atoms with Gasteiger partial charge in [0, 0.05) is 13.0 Å². The first kappa shape index (κ1) is 11.5. The summed E-state index contributed by atoms with van der Waals surface area (Å²) >= 11 is 0. The molecule has 0 saturated heterocycles. The second kappa shape index (κ2) is 4.48. The summed E-state index contributed by atoms with van der Waals surface area (Å²) in [7, 11) is -3.20. The van der Waals surface area contributed by atoms with Gasteiger partial charge in [0.25, 0.3) is 0 Å². The molecule has 2 rings (SSSR count). The molecule has 2 heterocycles. The Bertz CT molecular complexity index is 468. The van der Waals surface area contributed by atoms with Crippen LogP contribution in [0, 0.1) is 0 Å². The highest BCUT2D eigenvalue weighted by Gasteiger charge is 2.15. The lowest BCUT2D eigenvalue weighted by atomic mass is 10.4. The Balaban J connectivity index is 2.13. The van der Waals surface area contributed by atoms with Crippen molar-refractivity contribution < 1.29 is 13.2 Å². The Labute approximate surface area is 93.9 Å². The van der Waals surface area contributed by atoms with Crippen LogP contribution in [0.5, 0.6) is 0 Å². The molecule has 0 amide bonds. The molecule has 1 aliphatic rings. The minimum Gasteiger partial charge on any atom is -0.379 e. The average Bonchev–Trinajstić information content (AvgIpc) is 2.43. The summed E-state index contributed by atoms with van der Waals surface area (Å²) in [5.74, 6) is 1.48. The number of hydrogen-bond acceptors (Lipinski definition) is 5. The zero-order valence-electron chi connectivity index (χ0n) is 9.01. The molecule has 1 aromatic rings. The van der Waals surface area contributed by atoms with E-state index in [0.717, 1.165) is 12.1 Å². The SMILES string of the molecule is CS(=O)(=O)NCc1nnc2n1CCOCC2. The Kier molecular flexibility index (Phi) is 3.22. The number of hydrogen-bond donors (Lipinski definition) is 1. The molecule has 8 heteroatoms. The standard InChI is InChI=1S/C8H14N4O3S/c1-16(13,14)9-6-8-11-10-7-2-4-15-5-3-12(7)8/h9H,2-6H2,1H3. The molecular weight excluding hydrogens is 232 g/mol. The van der Waals surface area contributed by atoms with E-state index in [4.69, 9.17) is 4.74 Å². The maximum atomic E-state index is 11.0. The van der Waals surface area contributed by atoms with Crippen molar-refractivity contribution in [1.29, 1.82) is 0 Å². The number of nitrogens with one attached hydrogen (secondary N) is 1. The number of aromatic nitrogens is 3. The molecule has 16 heavy (non-hydrogen) atoms. The molecule has 1 N–H and O–H groups in total. The van der Waals surface area contributed by atoms with Crippen molar-refractivity contribution in [3.63, 3.8) is 0 Å². The summed E-state index contributed by atoms with van der Waals surface area (Å²) in [5.41, 5.74) is 0. The molecule has 1 aliphatic heterocycles. The van der Waals surface area contributed by atoms with Crippen molar-refractivity contribution in [3.8, 4) is 0 Å². The Morgan fingerprint density at radius 2 is 2.25 bits per heavy atom. The molecule has 0 spiro atoms. The van der Waals surface area contributed by atoms with Gasteiger partial charge in [-0.1, -0.05) is 0 Å². The third kappa shape index (κ3) is 2.77. The van der Waals surface area contributed by atoms with Gasteiger partial charge in [0.05, 0.1) is 26.0 Å². The first-order chi connectivity index (χ1) is 7.56. The van der Waals surface area contributed by atoms with Crippen LogP contribution in [0.3, 0.4) is 0 Å². The summed E-state index contributed by atoms with van der Waals surface area (Å²) in [6.07, 6.45) is 1.84. The van der Waals surface area contributed by atoms with Gasteiger partial charge in [-0.3, -0.25) is 0 Å². The highest BCUT2D eigenvalue weighted by atomic mass is 32.2. The van der Waals surface area contributed by atoms with E-state index < -0.39 is 10.0 Å². The van der Waals surface area contributed by atoms with Gasteiger partial charge in [-0.15, -0.1) is 10.2 Å². The average molecular weight is 246 g/mol. The van der Waals surface area contributed by atoms with E-state index >= 15 is 0 Å². The van der Waals surface area contributed by atoms with E-state index in [1.807, 2.05) is 4.57 Å². The maximum Gasteiger partial charge on any atom is 0.209 e. The molecule has 0 radical (unpaired) electrons. The monoisotopic (exact) mass is 246 g/mol. The lowest BCUT2D eigenvalue weighted by Crippen LogP contribution is -2.24. The molecule has 0 bridgehead atoms. The number of rotatable bonds is 3. The normalized spacial score (nSPS) is 16.8. The molecule has 7 nitrogen and oxygen atoms in total. The largest absolute Gasteiger partial charge is 0.379 e. The predicted octanol–water partition coefficient (Wildman–Crippen LogP) is -1.10. The molecule has 0 aliphatic carbocycles. The fourth-order valence-electron chi connectivity index (χ4n) is 1.56. The lowest BCUT2D eigenvalue weighted by molar-refractivity contribution is 0.139. The van der Waals surface area contributed by atoms with Crippen molar-refractivity contribution in [1.82, 2.24) is 19.5 Å². The van der Waals surface area contributed by atoms with Crippen LogP contribution in [0.15, 0.2) is 0 Å². The second-order valence-corrected chi connectivity index (χ2v) is 5.47. The summed E-state index contributed by atoms with van der Waals surface area (Å²) in [5, 5.41) is 7.99. The van der Waals surface area contributed by atoms with E-state index in [1.165, 1.54) is 0 Å². The topological polar surface area (TPSA) is 86.1 Å². The van der Waals surface area contributed by atoms with Crippen LogP contribution in [0.25, 0.3) is 0 Å². The molecule has 1 aromatic heterocycles. The number of sulfonamides is 1. The fourth-order valence-corrected chi connectivity index (χ4v) is 1.95. The molecular formula is C8H14N4O3S. The van der Waals surface area contributed by atoms with Crippen LogP contribution in [0.1, 0.15) is 11.6 Å². The van der Waals surface area contributed by atoms with Gasteiger partial charge >= 0.3 is 0 Å². The quantitative estimate of drug-likeness (QED) is 0.731. The van der Waals surface area contributed by atoms with Gasteiger partial charge in [0.2, 0.25) is 10.0 Å². The molecule has 0 aromatic carbocycles. The lowest BCUT2D eigenvalue weighted by Gasteiger charge is -2.06. The predicted molar refractivity (Wildman–Crippen MR) is 56.2 cm³/mol. The van der Waals surface area contributed by atoms with E-state index in [0.29, 0.717) is 32.0 Å². The van der Waals surface area contributed by atoms with Gasteiger partial charge < -0.3 is 9.30 Å². The first-order valence-electron chi connectivity index (χ1n) is 4.99. The van der Waals surface area contributed by atoms with E-state index in [1.54, 1.807) is 0 Å². The van der Waals surface area contributed by atoms with Gasteiger partial charge in [-0.2, -0.15) is 0 Å². The van der Waals surface area contributed by atoms with Crippen molar-refractivity contribution in [2.24, 2.45) is 0 Å². The van der Waals surface area contributed by atoms with Crippen LogP contribution in [-0.4, -0.2) is 42.7 Å². The second-order valence-electron chi connectivity index (χ2n) is 3.64. The van der Waals surface area contributed by atoms with Gasteiger partial charge in [-0.25, -0.2) is 13.1 Å². The van der Waals surface area contributed by atoms with Crippen LogP contribution in [-0.2, 0) is 34.3 Å². The highest BCUT2D eigenvalue weighted by Crippen LogP contribution is 2.07. The Morgan fingerprint density at radius 1 is 1.44 bits per heavy atom. The van der Waals surface area contributed by atoms with Crippen molar-refractivity contribution in [2.75, 3.05) is 19.5 Å². The fraction of sp³-hybridized carbons (Fsp3) is 0.750. The van der Waals surface area contributed by atoms with Crippen molar-refractivity contribution in [3.05, 3.63) is 11.6 Å². The van der Waals surface area contributed by atoms with Crippen LogP contribution >= 0.6 is 0 Å². The summed E-state index contributed by atoms with van der Waals surface area (Å²) in [6, 6.07) is 0. The molecule has 90 valence electrons. The molecule has 0 fully saturated rings. The Hall–Kier alpha value is -0.990. The number of ether oxygens (including phenoxy) is 1. The maximum absolute atomic E-state index is 11.0. The van der Waals surface area contributed by atoms with Gasteiger partial charge in [-0.05, 0) is 0 Å². The number of nitrogens with zero attached hydrogens (tertiary/aromatic N) is 3. The summed E-state index contributed by atoms with van der Waals surface area (Å²) in [6.45, 7) is 2.09. The molecule has 0 saturated carbocycles.